The number of amides is 1. The predicted octanol–water partition coefficient (Wildman–Crippen LogP) is 3.80. The van der Waals surface area contributed by atoms with E-state index in [4.69, 9.17) is 16.3 Å². The van der Waals surface area contributed by atoms with Crippen molar-refractivity contribution in [2.75, 3.05) is 18.6 Å². The van der Waals surface area contributed by atoms with E-state index in [-0.39, 0.29) is 5.69 Å². The molecule has 0 fully saturated rings. The predicted molar refractivity (Wildman–Crippen MR) is 113 cm³/mol. The summed E-state index contributed by atoms with van der Waals surface area (Å²) < 4.78 is 6.87. The second-order valence-electron chi connectivity index (χ2n) is 6.94. The van der Waals surface area contributed by atoms with Gasteiger partial charge in [0.15, 0.2) is 5.69 Å². The van der Waals surface area contributed by atoms with Gasteiger partial charge >= 0.3 is 0 Å². The summed E-state index contributed by atoms with van der Waals surface area (Å²) in [6.45, 7) is 2.31. The minimum Gasteiger partial charge on any atom is -0.497 e. The summed E-state index contributed by atoms with van der Waals surface area (Å²) >= 11 is 5.97. The quantitative estimate of drug-likeness (QED) is 0.660. The molecular weight excluding hydrogens is 390 g/mol. The third-order valence-corrected chi connectivity index (χ3v) is 5.28. The van der Waals surface area contributed by atoms with Crippen LogP contribution in [-0.2, 0) is 6.42 Å². The van der Waals surface area contributed by atoms with Gasteiger partial charge in [0.2, 0.25) is 5.43 Å². The fourth-order valence-corrected chi connectivity index (χ4v) is 3.70. The Morgan fingerprint density at radius 1 is 1.14 bits per heavy atom. The van der Waals surface area contributed by atoms with Crippen LogP contribution in [-0.4, -0.2) is 29.3 Å². The number of halogens is 1. The van der Waals surface area contributed by atoms with Gasteiger partial charge in [0.1, 0.15) is 5.75 Å². The normalized spacial score (nSPS) is 13.1. The molecule has 3 aromatic rings. The number of anilines is 1. The number of carbonyl (C=O) groups excluding carboxylic acids is 1. The molecule has 0 unspecified atom stereocenters. The molecule has 4 rings (SSSR count). The van der Waals surface area contributed by atoms with Gasteiger partial charge in [-0.1, -0.05) is 11.6 Å². The van der Waals surface area contributed by atoms with E-state index in [0.29, 0.717) is 17.3 Å². The summed E-state index contributed by atoms with van der Waals surface area (Å²) in [5.74, 6) is 0.348. The maximum atomic E-state index is 13.3. The first-order chi connectivity index (χ1) is 14.0. The summed E-state index contributed by atoms with van der Waals surface area (Å²) in [5, 5.41) is 5.00. The van der Waals surface area contributed by atoms with E-state index < -0.39 is 11.3 Å². The first-order valence-electron chi connectivity index (χ1n) is 9.33. The Morgan fingerprint density at radius 2 is 1.90 bits per heavy atom. The van der Waals surface area contributed by atoms with E-state index in [1.807, 2.05) is 18.2 Å². The summed E-state index contributed by atoms with van der Waals surface area (Å²) in [6.07, 6.45) is 1.66. The van der Waals surface area contributed by atoms with Crippen LogP contribution in [0.4, 0.5) is 5.69 Å². The second kappa shape index (κ2) is 7.72. The molecule has 1 amide bonds. The van der Waals surface area contributed by atoms with E-state index in [9.17, 15) is 9.59 Å². The van der Waals surface area contributed by atoms with Crippen LogP contribution in [0.1, 0.15) is 28.2 Å². The Bertz CT molecular complexity index is 1140. The van der Waals surface area contributed by atoms with Crippen LogP contribution in [0.2, 0.25) is 5.02 Å². The van der Waals surface area contributed by atoms with Crippen molar-refractivity contribution in [3.8, 4) is 11.4 Å². The van der Waals surface area contributed by atoms with Crippen LogP contribution >= 0.6 is 11.6 Å². The molecule has 148 valence electrons. The number of carbonyl (C=O) groups is 1. The minimum absolute atomic E-state index is 0.103. The van der Waals surface area contributed by atoms with Crippen LogP contribution in [0.25, 0.3) is 5.69 Å². The molecule has 1 aliphatic rings. The third-order valence-electron chi connectivity index (χ3n) is 5.03. The lowest BCUT2D eigenvalue weighted by molar-refractivity contribution is 0.0977. The molecule has 0 saturated heterocycles. The zero-order valence-electron chi connectivity index (χ0n) is 16.2. The monoisotopic (exact) mass is 409 g/mol. The molecule has 7 heteroatoms. The van der Waals surface area contributed by atoms with Crippen molar-refractivity contribution < 1.29 is 9.53 Å². The molecule has 0 atom stereocenters. The van der Waals surface area contributed by atoms with Gasteiger partial charge in [0, 0.05) is 29.0 Å². The van der Waals surface area contributed by atoms with E-state index >= 15 is 0 Å². The lowest BCUT2D eigenvalue weighted by Gasteiger charge is -2.29. The van der Waals surface area contributed by atoms with Crippen molar-refractivity contribution in [1.29, 1.82) is 0 Å². The molecule has 2 aromatic carbocycles. The van der Waals surface area contributed by atoms with E-state index in [0.717, 1.165) is 35.5 Å². The Balaban J connectivity index is 1.76. The zero-order valence-corrected chi connectivity index (χ0v) is 16.9. The molecule has 0 spiro atoms. The van der Waals surface area contributed by atoms with Crippen molar-refractivity contribution in [3.05, 3.63) is 80.7 Å². The zero-order chi connectivity index (χ0) is 20.5. The lowest BCUT2D eigenvalue weighted by atomic mass is 10.0. The first-order valence-corrected chi connectivity index (χ1v) is 9.71. The number of methoxy groups -OCH3 is 1. The number of aromatic nitrogens is 2. The van der Waals surface area contributed by atoms with Gasteiger partial charge in [-0.15, -0.1) is 0 Å². The third kappa shape index (κ3) is 3.63. The number of hydrogen-bond donors (Lipinski definition) is 0. The SMILES string of the molecule is COc1ccc2c(c1)CCCN2C(=O)c1nn(-c2ccc(Cl)cc2)c(C)cc1=O. The van der Waals surface area contributed by atoms with E-state index in [2.05, 4.69) is 5.10 Å². The first kappa shape index (κ1) is 19.2. The molecule has 0 aliphatic carbocycles. The number of ether oxygens (including phenoxy) is 1. The van der Waals surface area contributed by atoms with Crippen LogP contribution in [0, 0.1) is 6.92 Å². The lowest BCUT2D eigenvalue weighted by Crippen LogP contribution is -2.39. The Morgan fingerprint density at radius 3 is 2.62 bits per heavy atom. The average Bonchev–Trinajstić information content (AvgIpc) is 2.73. The van der Waals surface area contributed by atoms with Crippen molar-refractivity contribution in [2.45, 2.75) is 19.8 Å². The highest BCUT2D eigenvalue weighted by Crippen LogP contribution is 2.31. The highest BCUT2D eigenvalue weighted by atomic mass is 35.5. The van der Waals surface area contributed by atoms with Crippen molar-refractivity contribution in [1.82, 2.24) is 9.78 Å². The number of hydrogen-bond acceptors (Lipinski definition) is 4. The van der Waals surface area contributed by atoms with Crippen LogP contribution in [0.15, 0.2) is 53.3 Å². The molecule has 0 bridgehead atoms. The summed E-state index contributed by atoms with van der Waals surface area (Å²) in [7, 11) is 1.61. The maximum Gasteiger partial charge on any atom is 0.282 e. The summed E-state index contributed by atoms with van der Waals surface area (Å²) in [6, 6.07) is 14.1. The van der Waals surface area contributed by atoms with Gasteiger partial charge in [-0.3, -0.25) is 9.59 Å². The number of rotatable bonds is 3. The van der Waals surface area contributed by atoms with Gasteiger partial charge in [-0.2, -0.15) is 5.10 Å². The molecule has 0 saturated carbocycles. The van der Waals surface area contributed by atoms with Crippen molar-refractivity contribution in [2.24, 2.45) is 0 Å². The molecule has 0 N–H and O–H groups in total. The van der Waals surface area contributed by atoms with Gasteiger partial charge in [0.25, 0.3) is 5.91 Å². The van der Waals surface area contributed by atoms with Crippen molar-refractivity contribution in [3.63, 3.8) is 0 Å². The molecule has 2 heterocycles. The smallest absolute Gasteiger partial charge is 0.282 e. The number of aryl methyl sites for hydroxylation is 2. The van der Waals surface area contributed by atoms with Gasteiger partial charge < -0.3 is 9.64 Å². The van der Waals surface area contributed by atoms with E-state index in [1.54, 1.807) is 47.9 Å². The molecule has 1 aromatic heterocycles. The second-order valence-corrected chi connectivity index (χ2v) is 7.38. The number of benzene rings is 2. The van der Waals surface area contributed by atoms with Gasteiger partial charge in [-0.25, -0.2) is 4.68 Å². The fraction of sp³-hybridized carbons (Fsp3) is 0.227. The Labute approximate surface area is 173 Å². The van der Waals surface area contributed by atoms with Crippen LogP contribution in [0.5, 0.6) is 5.75 Å². The standard InChI is InChI=1S/C22H20ClN3O3/c1-14-12-20(27)21(24-26(14)17-7-5-16(23)6-8-17)22(28)25-11-3-4-15-13-18(29-2)9-10-19(15)25/h5-10,12-13H,3-4,11H2,1-2H3. The highest BCUT2D eigenvalue weighted by molar-refractivity contribution is 6.30. The van der Waals surface area contributed by atoms with Crippen LogP contribution < -0.4 is 15.1 Å². The minimum atomic E-state index is -0.399. The maximum absolute atomic E-state index is 13.3. The molecular formula is C22H20ClN3O3. The van der Waals surface area contributed by atoms with Gasteiger partial charge in [-0.05, 0) is 67.8 Å². The molecule has 1 aliphatic heterocycles. The Kier molecular flexibility index (Phi) is 5.11. The molecule has 6 nitrogen and oxygen atoms in total. The summed E-state index contributed by atoms with van der Waals surface area (Å²) in [5.41, 5.74) is 2.69. The molecule has 0 radical (unpaired) electrons. The fourth-order valence-electron chi connectivity index (χ4n) is 3.58. The number of fused-ring (bicyclic) bond motifs is 1. The largest absolute Gasteiger partial charge is 0.497 e. The van der Waals surface area contributed by atoms with Crippen molar-refractivity contribution >= 4 is 23.2 Å². The van der Waals surface area contributed by atoms with Crippen LogP contribution in [0.3, 0.4) is 0 Å². The summed E-state index contributed by atoms with van der Waals surface area (Å²) in [4.78, 5) is 27.5. The highest BCUT2D eigenvalue weighted by Gasteiger charge is 2.27. The molecule has 29 heavy (non-hydrogen) atoms. The number of nitrogens with zero attached hydrogens (tertiary/aromatic N) is 3. The average molecular weight is 410 g/mol. The topological polar surface area (TPSA) is 64.4 Å². The van der Waals surface area contributed by atoms with Gasteiger partial charge in [0.05, 0.1) is 12.8 Å². The Hall–Kier alpha value is -3.12. The van der Waals surface area contributed by atoms with E-state index in [1.165, 1.54) is 6.07 Å².